The maximum Gasteiger partial charge on any atom is 0.208 e. The number of allylic oxidation sites excluding steroid dienone is 1. The van der Waals surface area contributed by atoms with E-state index in [2.05, 4.69) is 0 Å². The minimum atomic E-state index is -2.09. The standard InChI is InChI=1S/C12H8F4N2O/c1-18(2)5-6(4-17)12(19)7-3-8(13)10(15)11(16)9(7)14/h3,5H,1-2H3/b6-5-. The molecule has 3 nitrogen and oxygen atoms in total. The molecule has 0 aliphatic rings. The average molecular weight is 272 g/mol. The summed E-state index contributed by atoms with van der Waals surface area (Å²) in [7, 11) is 2.99. The number of rotatable bonds is 3. The van der Waals surface area contributed by atoms with Crippen LogP contribution >= 0.6 is 0 Å². The molecule has 0 aliphatic heterocycles. The molecule has 0 aliphatic carbocycles. The van der Waals surface area contributed by atoms with Gasteiger partial charge >= 0.3 is 0 Å². The van der Waals surface area contributed by atoms with Crippen molar-refractivity contribution in [2.24, 2.45) is 0 Å². The highest BCUT2D eigenvalue weighted by atomic mass is 19.2. The van der Waals surface area contributed by atoms with Crippen molar-refractivity contribution >= 4 is 5.78 Å². The average Bonchev–Trinajstić information content (AvgIpc) is 2.36. The lowest BCUT2D eigenvalue weighted by atomic mass is 10.0. The molecule has 1 rings (SSSR count). The van der Waals surface area contributed by atoms with E-state index in [1.807, 2.05) is 0 Å². The number of benzene rings is 1. The van der Waals surface area contributed by atoms with E-state index in [0.29, 0.717) is 0 Å². The molecule has 0 fully saturated rings. The number of nitrogens with zero attached hydrogens (tertiary/aromatic N) is 2. The fourth-order valence-electron chi connectivity index (χ4n) is 1.28. The summed E-state index contributed by atoms with van der Waals surface area (Å²) in [6, 6.07) is 1.70. The number of ketones is 1. The SMILES string of the molecule is CN(C)/C=C(/C#N)C(=O)c1cc(F)c(F)c(F)c1F. The van der Waals surface area contributed by atoms with Gasteiger partial charge in [-0.2, -0.15) is 5.26 Å². The Morgan fingerprint density at radius 3 is 2.26 bits per heavy atom. The molecule has 0 atom stereocenters. The Morgan fingerprint density at radius 2 is 1.79 bits per heavy atom. The molecule has 0 radical (unpaired) electrons. The van der Waals surface area contributed by atoms with E-state index in [0.717, 1.165) is 6.20 Å². The van der Waals surface area contributed by atoms with Crippen LogP contribution in [-0.4, -0.2) is 24.8 Å². The van der Waals surface area contributed by atoms with Gasteiger partial charge in [-0.3, -0.25) is 4.79 Å². The Bertz CT molecular complexity index is 603. The third-order valence-electron chi connectivity index (χ3n) is 2.10. The van der Waals surface area contributed by atoms with Crippen LogP contribution < -0.4 is 0 Å². The van der Waals surface area contributed by atoms with Gasteiger partial charge in [-0.1, -0.05) is 0 Å². The zero-order chi connectivity index (χ0) is 14.7. The van der Waals surface area contributed by atoms with Gasteiger partial charge in [-0.05, 0) is 6.07 Å². The Kier molecular flexibility index (Phi) is 4.27. The summed E-state index contributed by atoms with van der Waals surface area (Å²) in [5.41, 5.74) is -1.57. The van der Waals surface area contributed by atoms with Crippen LogP contribution in [0.4, 0.5) is 17.6 Å². The molecule has 0 unspecified atom stereocenters. The molecule has 100 valence electrons. The Balaban J connectivity index is 3.40. The van der Waals surface area contributed by atoms with E-state index < -0.39 is 40.2 Å². The molecule has 1 aromatic rings. The molecule has 0 saturated carbocycles. The predicted octanol–water partition coefficient (Wildman–Crippen LogP) is 2.39. The normalized spacial score (nSPS) is 11.1. The molecule has 0 N–H and O–H groups in total. The van der Waals surface area contributed by atoms with Gasteiger partial charge in [0.2, 0.25) is 5.78 Å². The maximum atomic E-state index is 13.4. The second kappa shape index (κ2) is 5.52. The van der Waals surface area contributed by atoms with E-state index in [4.69, 9.17) is 5.26 Å². The summed E-state index contributed by atoms with van der Waals surface area (Å²) in [5, 5.41) is 8.74. The second-order valence-electron chi connectivity index (χ2n) is 3.80. The maximum absolute atomic E-state index is 13.4. The summed E-state index contributed by atoms with van der Waals surface area (Å²) >= 11 is 0. The molecule has 1 aromatic carbocycles. The number of carbonyl (C=O) groups excluding carboxylic acids is 1. The van der Waals surface area contributed by atoms with Gasteiger partial charge in [0.1, 0.15) is 11.6 Å². The van der Waals surface area contributed by atoms with Crippen molar-refractivity contribution < 1.29 is 22.4 Å². The highest BCUT2D eigenvalue weighted by Gasteiger charge is 2.25. The van der Waals surface area contributed by atoms with Crippen molar-refractivity contribution in [3.05, 3.63) is 46.7 Å². The zero-order valence-corrected chi connectivity index (χ0v) is 9.97. The predicted molar refractivity (Wildman–Crippen MR) is 58.0 cm³/mol. The fourth-order valence-corrected chi connectivity index (χ4v) is 1.28. The van der Waals surface area contributed by atoms with Crippen LogP contribution in [0.2, 0.25) is 0 Å². The van der Waals surface area contributed by atoms with E-state index >= 15 is 0 Å². The number of nitriles is 1. The van der Waals surface area contributed by atoms with Crippen LogP contribution in [-0.2, 0) is 0 Å². The molecule has 0 spiro atoms. The van der Waals surface area contributed by atoms with Crippen LogP contribution in [0.3, 0.4) is 0 Å². The Morgan fingerprint density at radius 1 is 1.21 bits per heavy atom. The lowest BCUT2D eigenvalue weighted by molar-refractivity contribution is 0.103. The minimum absolute atomic E-state index is 0.219. The first kappa shape index (κ1) is 14.7. The summed E-state index contributed by atoms with van der Waals surface area (Å²) in [6.07, 6.45) is 1.06. The molecular weight excluding hydrogens is 264 g/mol. The lowest BCUT2D eigenvalue weighted by Crippen LogP contribution is -2.12. The van der Waals surface area contributed by atoms with Crippen LogP contribution in [0, 0.1) is 34.6 Å². The molecule has 0 saturated heterocycles. The highest BCUT2D eigenvalue weighted by molar-refractivity contribution is 6.11. The van der Waals surface area contributed by atoms with E-state index in [9.17, 15) is 22.4 Å². The molecule has 19 heavy (non-hydrogen) atoms. The van der Waals surface area contributed by atoms with Crippen molar-refractivity contribution in [1.82, 2.24) is 4.90 Å². The molecule has 0 aromatic heterocycles. The molecule has 0 amide bonds. The highest BCUT2D eigenvalue weighted by Crippen LogP contribution is 2.21. The van der Waals surface area contributed by atoms with Crippen molar-refractivity contribution in [3.63, 3.8) is 0 Å². The topological polar surface area (TPSA) is 44.1 Å². The quantitative estimate of drug-likeness (QED) is 0.212. The van der Waals surface area contributed by atoms with Gasteiger partial charge in [0.25, 0.3) is 0 Å². The largest absolute Gasteiger partial charge is 0.382 e. The summed E-state index contributed by atoms with van der Waals surface area (Å²) in [4.78, 5) is 13.1. The summed E-state index contributed by atoms with van der Waals surface area (Å²) < 4.78 is 52.1. The van der Waals surface area contributed by atoms with Gasteiger partial charge in [0, 0.05) is 20.3 Å². The third kappa shape index (κ3) is 2.91. The van der Waals surface area contributed by atoms with Crippen molar-refractivity contribution in [2.75, 3.05) is 14.1 Å². The number of Topliss-reactive ketones (excluding diaryl/α,β-unsaturated/α-hetero) is 1. The van der Waals surface area contributed by atoms with Crippen LogP contribution in [0.5, 0.6) is 0 Å². The monoisotopic (exact) mass is 272 g/mol. The molecule has 0 bridgehead atoms. The van der Waals surface area contributed by atoms with Gasteiger partial charge in [0.05, 0.1) is 5.56 Å². The first-order chi connectivity index (χ1) is 8.79. The Hall–Kier alpha value is -2.36. The molecule has 7 heteroatoms. The number of hydrogen-bond donors (Lipinski definition) is 0. The van der Waals surface area contributed by atoms with E-state index in [1.165, 1.54) is 25.1 Å². The smallest absolute Gasteiger partial charge is 0.208 e. The summed E-state index contributed by atoms with van der Waals surface area (Å²) in [6.45, 7) is 0. The van der Waals surface area contributed by atoms with Crippen LogP contribution in [0.1, 0.15) is 10.4 Å². The first-order valence-corrected chi connectivity index (χ1v) is 4.95. The zero-order valence-electron chi connectivity index (χ0n) is 9.97. The second-order valence-corrected chi connectivity index (χ2v) is 3.80. The van der Waals surface area contributed by atoms with E-state index in [-0.39, 0.29) is 6.07 Å². The molecular formula is C12H8F4N2O. The minimum Gasteiger partial charge on any atom is -0.382 e. The fraction of sp³-hybridized carbons (Fsp3) is 0.167. The van der Waals surface area contributed by atoms with Gasteiger partial charge in [-0.15, -0.1) is 0 Å². The number of carbonyl (C=O) groups is 1. The molecule has 0 heterocycles. The van der Waals surface area contributed by atoms with E-state index in [1.54, 1.807) is 0 Å². The summed E-state index contributed by atoms with van der Waals surface area (Å²) in [5.74, 6) is -8.87. The van der Waals surface area contributed by atoms with Crippen molar-refractivity contribution in [3.8, 4) is 6.07 Å². The number of hydrogen-bond acceptors (Lipinski definition) is 3. The Labute approximate surface area is 106 Å². The van der Waals surface area contributed by atoms with Crippen molar-refractivity contribution in [1.29, 1.82) is 5.26 Å². The van der Waals surface area contributed by atoms with Gasteiger partial charge in [0.15, 0.2) is 23.3 Å². The number of halogens is 4. The van der Waals surface area contributed by atoms with Crippen LogP contribution in [0.15, 0.2) is 17.8 Å². The van der Waals surface area contributed by atoms with Crippen LogP contribution in [0.25, 0.3) is 0 Å². The van der Waals surface area contributed by atoms with Gasteiger partial charge < -0.3 is 4.90 Å². The third-order valence-corrected chi connectivity index (χ3v) is 2.10. The van der Waals surface area contributed by atoms with Gasteiger partial charge in [-0.25, -0.2) is 17.6 Å². The lowest BCUT2D eigenvalue weighted by Gasteiger charge is -2.07. The van der Waals surface area contributed by atoms with Crippen molar-refractivity contribution in [2.45, 2.75) is 0 Å². The first-order valence-electron chi connectivity index (χ1n) is 4.95.